The maximum Gasteiger partial charge on any atom is 0.314 e. The third-order valence-electron chi connectivity index (χ3n) is 4.46. The van der Waals surface area contributed by atoms with E-state index in [9.17, 15) is 4.79 Å². The molecule has 1 aliphatic heterocycles. The predicted octanol–water partition coefficient (Wildman–Crippen LogP) is 2.90. The van der Waals surface area contributed by atoms with E-state index >= 15 is 0 Å². The van der Waals surface area contributed by atoms with Crippen LogP contribution in [0.4, 0.5) is 0 Å². The van der Waals surface area contributed by atoms with Crippen molar-refractivity contribution >= 4 is 29.1 Å². The molecule has 4 nitrogen and oxygen atoms in total. The highest BCUT2D eigenvalue weighted by molar-refractivity contribution is 5.86. The Kier molecular flexibility index (Phi) is 5.99. The van der Waals surface area contributed by atoms with Gasteiger partial charge in [0.1, 0.15) is 0 Å². The minimum atomic E-state index is -0.359. The van der Waals surface area contributed by atoms with E-state index in [2.05, 4.69) is 29.6 Å². The fourth-order valence-corrected chi connectivity index (χ4v) is 3.32. The smallest absolute Gasteiger partial charge is 0.314 e. The van der Waals surface area contributed by atoms with E-state index in [1.807, 2.05) is 18.2 Å². The summed E-state index contributed by atoms with van der Waals surface area (Å²) in [7, 11) is 3.13. The lowest BCUT2D eigenvalue weighted by molar-refractivity contribution is -0.144. The van der Waals surface area contributed by atoms with Crippen molar-refractivity contribution in [1.29, 1.82) is 0 Å². The lowest BCUT2D eigenvalue weighted by Crippen LogP contribution is -2.41. The highest BCUT2D eigenvalue weighted by atomic mass is 35.5. The number of hydrogen-bond acceptors (Lipinski definition) is 4. The molecule has 0 spiro atoms. The molecule has 0 bridgehead atoms. The summed E-state index contributed by atoms with van der Waals surface area (Å²) >= 11 is 0. The van der Waals surface area contributed by atoms with Crippen LogP contribution < -0.4 is 5.32 Å². The van der Waals surface area contributed by atoms with Gasteiger partial charge in [0.25, 0.3) is 0 Å². The number of fused-ring (bicyclic) bond motifs is 1. The van der Waals surface area contributed by atoms with E-state index in [0.717, 1.165) is 29.3 Å². The number of rotatable bonds is 4. The molecule has 1 N–H and O–H groups in total. The van der Waals surface area contributed by atoms with Crippen LogP contribution in [0.1, 0.15) is 17.9 Å². The second-order valence-corrected chi connectivity index (χ2v) is 5.65. The minimum absolute atomic E-state index is 0. The number of halogens is 1. The summed E-state index contributed by atoms with van der Waals surface area (Å²) in [6.07, 6.45) is 0.929. The Hall–Kier alpha value is -1.62. The molecule has 1 saturated heterocycles. The van der Waals surface area contributed by atoms with Crippen molar-refractivity contribution in [3.8, 4) is 0 Å². The summed E-state index contributed by atoms with van der Waals surface area (Å²) in [4.78, 5) is 12.4. The SMILES string of the molecule is COC(=O)[C@@H](c1ccc2ccccc2c1)[C@H]1NCC[C@H]1OC.Cl. The first kappa shape index (κ1) is 17.7. The predicted molar refractivity (Wildman–Crippen MR) is 93.2 cm³/mol. The Morgan fingerprint density at radius 1 is 1.17 bits per heavy atom. The number of ether oxygens (including phenoxy) is 2. The number of nitrogens with one attached hydrogen (secondary N) is 1. The summed E-state index contributed by atoms with van der Waals surface area (Å²) in [5.41, 5.74) is 0.965. The summed E-state index contributed by atoms with van der Waals surface area (Å²) in [5, 5.41) is 5.68. The Morgan fingerprint density at radius 2 is 1.91 bits per heavy atom. The molecule has 0 amide bonds. The van der Waals surface area contributed by atoms with E-state index in [0.29, 0.717) is 0 Å². The van der Waals surface area contributed by atoms with Crippen molar-refractivity contribution in [3.05, 3.63) is 48.0 Å². The molecule has 23 heavy (non-hydrogen) atoms. The quantitative estimate of drug-likeness (QED) is 0.873. The highest BCUT2D eigenvalue weighted by Crippen LogP contribution is 2.30. The van der Waals surface area contributed by atoms with Crippen LogP contribution in [0.3, 0.4) is 0 Å². The average molecular weight is 336 g/mol. The lowest BCUT2D eigenvalue weighted by atomic mass is 9.88. The van der Waals surface area contributed by atoms with Crippen molar-refractivity contribution < 1.29 is 14.3 Å². The molecule has 1 heterocycles. The van der Waals surface area contributed by atoms with Crippen LogP contribution in [0.25, 0.3) is 10.8 Å². The number of carbonyl (C=O) groups excluding carboxylic acids is 1. The van der Waals surface area contributed by atoms with Gasteiger partial charge in [-0.15, -0.1) is 12.4 Å². The monoisotopic (exact) mass is 335 g/mol. The second kappa shape index (κ2) is 7.77. The van der Waals surface area contributed by atoms with Gasteiger partial charge in [-0.05, 0) is 29.3 Å². The van der Waals surface area contributed by atoms with E-state index in [-0.39, 0.29) is 36.4 Å². The molecule has 0 aromatic heterocycles. The number of esters is 1. The molecule has 0 radical (unpaired) electrons. The maximum absolute atomic E-state index is 12.4. The molecular weight excluding hydrogens is 314 g/mol. The molecule has 0 unspecified atom stereocenters. The van der Waals surface area contributed by atoms with Gasteiger partial charge in [0.15, 0.2) is 0 Å². The Balaban J connectivity index is 0.00000192. The highest BCUT2D eigenvalue weighted by Gasteiger charge is 2.39. The average Bonchev–Trinajstić information content (AvgIpc) is 3.03. The summed E-state index contributed by atoms with van der Waals surface area (Å²) in [6, 6.07) is 14.2. The van der Waals surface area contributed by atoms with Crippen molar-refractivity contribution in [2.24, 2.45) is 0 Å². The molecule has 5 heteroatoms. The third-order valence-corrected chi connectivity index (χ3v) is 4.46. The van der Waals surface area contributed by atoms with Gasteiger partial charge in [-0.2, -0.15) is 0 Å². The standard InChI is InChI=1S/C18H21NO3.ClH/c1-21-15-9-10-19-17(15)16(18(20)22-2)14-8-7-12-5-3-4-6-13(12)11-14;/h3-8,11,15-17,19H,9-10H2,1-2H3;1H/t15-,16+,17+;/m1./s1. The van der Waals surface area contributed by atoms with Gasteiger partial charge in [-0.1, -0.05) is 42.5 Å². The zero-order valence-electron chi connectivity index (χ0n) is 13.3. The zero-order valence-corrected chi connectivity index (χ0v) is 14.1. The normalized spacial score (nSPS) is 21.7. The Bertz CT molecular complexity index is 676. The van der Waals surface area contributed by atoms with Crippen LogP contribution in [0.15, 0.2) is 42.5 Å². The van der Waals surface area contributed by atoms with Gasteiger partial charge in [0.05, 0.1) is 25.2 Å². The van der Waals surface area contributed by atoms with Gasteiger partial charge >= 0.3 is 5.97 Å². The second-order valence-electron chi connectivity index (χ2n) is 5.65. The lowest BCUT2D eigenvalue weighted by Gasteiger charge is -2.26. The van der Waals surface area contributed by atoms with Crippen LogP contribution in [0.2, 0.25) is 0 Å². The topological polar surface area (TPSA) is 47.6 Å². The van der Waals surface area contributed by atoms with Crippen LogP contribution in [0, 0.1) is 0 Å². The van der Waals surface area contributed by atoms with E-state index in [1.165, 1.54) is 7.11 Å². The largest absolute Gasteiger partial charge is 0.469 e. The van der Waals surface area contributed by atoms with Crippen LogP contribution in [0.5, 0.6) is 0 Å². The summed E-state index contributed by atoms with van der Waals surface area (Å²) in [5.74, 6) is -0.584. The van der Waals surface area contributed by atoms with Crippen molar-refractivity contribution in [2.75, 3.05) is 20.8 Å². The van der Waals surface area contributed by atoms with Gasteiger partial charge < -0.3 is 14.8 Å². The van der Waals surface area contributed by atoms with Crippen LogP contribution in [-0.2, 0) is 14.3 Å². The summed E-state index contributed by atoms with van der Waals surface area (Å²) in [6.45, 7) is 0.851. The number of hydrogen-bond donors (Lipinski definition) is 1. The van der Waals surface area contributed by atoms with Gasteiger partial charge in [0, 0.05) is 7.11 Å². The molecule has 2 aromatic carbocycles. The number of benzene rings is 2. The molecule has 3 atom stereocenters. The number of carbonyl (C=O) groups is 1. The zero-order chi connectivity index (χ0) is 15.5. The van der Waals surface area contributed by atoms with Crippen molar-refractivity contribution in [1.82, 2.24) is 5.32 Å². The molecule has 0 saturated carbocycles. The first-order valence-electron chi connectivity index (χ1n) is 7.57. The van der Waals surface area contributed by atoms with Crippen LogP contribution >= 0.6 is 12.4 Å². The molecule has 3 rings (SSSR count). The maximum atomic E-state index is 12.4. The van der Waals surface area contributed by atoms with E-state index in [1.54, 1.807) is 7.11 Å². The molecule has 2 aromatic rings. The first-order valence-corrected chi connectivity index (χ1v) is 7.57. The van der Waals surface area contributed by atoms with Gasteiger partial charge in [-0.3, -0.25) is 4.79 Å². The molecule has 124 valence electrons. The molecule has 1 aliphatic rings. The molecular formula is C18H22ClNO3. The Labute approximate surface area is 142 Å². The molecule has 1 fully saturated rings. The van der Waals surface area contributed by atoms with E-state index in [4.69, 9.17) is 9.47 Å². The fraction of sp³-hybridized carbons (Fsp3) is 0.389. The summed E-state index contributed by atoms with van der Waals surface area (Å²) < 4.78 is 10.6. The van der Waals surface area contributed by atoms with E-state index < -0.39 is 0 Å². The van der Waals surface area contributed by atoms with Gasteiger partial charge in [-0.25, -0.2) is 0 Å². The fourth-order valence-electron chi connectivity index (χ4n) is 3.32. The molecule has 0 aliphatic carbocycles. The number of methoxy groups -OCH3 is 2. The third kappa shape index (κ3) is 3.50. The van der Waals surface area contributed by atoms with Crippen molar-refractivity contribution in [2.45, 2.75) is 24.5 Å². The van der Waals surface area contributed by atoms with Gasteiger partial charge in [0.2, 0.25) is 0 Å². The Morgan fingerprint density at radius 3 is 2.61 bits per heavy atom. The first-order chi connectivity index (χ1) is 10.7. The van der Waals surface area contributed by atoms with Crippen LogP contribution in [-0.4, -0.2) is 38.9 Å². The van der Waals surface area contributed by atoms with Crippen molar-refractivity contribution in [3.63, 3.8) is 0 Å². The minimum Gasteiger partial charge on any atom is -0.469 e.